The molecule has 1 aromatic heterocycles. The molecular formula is C31H27N3O5S. The molecule has 0 spiro atoms. The fourth-order valence-corrected chi connectivity index (χ4v) is 5.47. The van der Waals surface area contributed by atoms with Gasteiger partial charge < -0.3 is 15.0 Å². The van der Waals surface area contributed by atoms with Crippen molar-refractivity contribution in [2.45, 2.75) is 24.0 Å². The fourth-order valence-electron chi connectivity index (χ4n) is 4.29. The van der Waals surface area contributed by atoms with Crippen molar-refractivity contribution in [2.24, 2.45) is 0 Å². The molecule has 0 aliphatic heterocycles. The molecule has 0 fully saturated rings. The molecule has 4 aromatic carbocycles. The number of hydrogen-bond acceptors (Lipinski definition) is 5. The van der Waals surface area contributed by atoms with E-state index in [1.807, 2.05) is 60.7 Å². The van der Waals surface area contributed by atoms with Crippen molar-refractivity contribution >= 4 is 38.5 Å². The molecule has 1 heterocycles. The lowest BCUT2D eigenvalue weighted by molar-refractivity contribution is -0.147. The van der Waals surface area contributed by atoms with Crippen LogP contribution in [0.3, 0.4) is 0 Å². The van der Waals surface area contributed by atoms with Crippen LogP contribution >= 0.6 is 0 Å². The Labute approximate surface area is 232 Å². The number of sulfonamides is 1. The average molecular weight is 554 g/mol. The van der Waals surface area contributed by atoms with Gasteiger partial charge in [0.05, 0.1) is 4.90 Å². The Morgan fingerprint density at radius 3 is 2.17 bits per heavy atom. The SMILES string of the molecule is O=C(Nc1ccc(S(=O)(=O)NC(Cc2c[nH]c3ccccc23)C(=O)OCc2ccccc2)cc1)c1ccccc1. The zero-order chi connectivity index (χ0) is 28.0. The van der Waals surface area contributed by atoms with Crippen molar-refractivity contribution in [1.29, 1.82) is 0 Å². The van der Waals surface area contributed by atoms with E-state index in [2.05, 4.69) is 15.0 Å². The van der Waals surface area contributed by atoms with Gasteiger partial charge in [-0.1, -0.05) is 66.7 Å². The zero-order valence-corrected chi connectivity index (χ0v) is 22.2. The number of aromatic amines is 1. The van der Waals surface area contributed by atoms with Gasteiger partial charge >= 0.3 is 5.97 Å². The topological polar surface area (TPSA) is 117 Å². The summed E-state index contributed by atoms with van der Waals surface area (Å²) in [6.07, 6.45) is 1.85. The fraction of sp³-hybridized carbons (Fsp3) is 0.0968. The number of esters is 1. The van der Waals surface area contributed by atoms with Crippen molar-refractivity contribution in [3.63, 3.8) is 0 Å². The number of para-hydroxylation sites is 1. The number of rotatable bonds is 10. The van der Waals surface area contributed by atoms with Crippen molar-refractivity contribution < 1.29 is 22.7 Å². The number of H-pyrrole nitrogens is 1. The van der Waals surface area contributed by atoms with E-state index in [0.29, 0.717) is 11.3 Å². The highest BCUT2D eigenvalue weighted by molar-refractivity contribution is 7.89. The Kier molecular flexibility index (Phi) is 8.04. The second-order valence-corrected chi connectivity index (χ2v) is 10.9. The Bertz CT molecular complexity index is 1720. The zero-order valence-electron chi connectivity index (χ0n) is 21.4. The largest absolute Gasteiger partial charge is 0.460 e. The highest BCUT2D eigenvalue weighted by Gasteiger charge is 2.28. The molecule has 0 saturated heterocycles. The quantitative estimate of drug-likeness (QED) is 0.209. The maximum absolute atomic E-state index is 13.4. The summed E-state index contributed by atoms with van der Waals surface area (Å²) < 4.78 is 34.8. The molecule has 1 atom stereocenters. The van der Waals surface area contributed by atoms with Gasteiger partial charge in [-0.15, -0.1) is 0 Å². The van der Waals surface area contributed by atoms with Crippen molar-refractivity contribution in [1.82, 2.24) is 9.71 Å². The third-order valence-corrected chi connectivity index (χ3v) is 7.85. The van der Waals surface area contributed by atoms with E-state index in [-0.39, 0.29) is 23.8 Å². The van der Waals surface area contributed by atoms with E-state index in [0.717, 1.165) is 22.0 Å². The van der Waals surface area contributed by atoms with Crippen LogP contribution in [0.5, 0.6) is 0 Å². The van der Waals surface area contributed by atoms with E-state index < -0.39 is 22.0 Å². The van der Waals surface area contributed by atoms with Gasteiger partial charge in [0.1, 0.15) is 12.6 Å². The molecule has 1 amide bonds. The first kappa shape index (κ1) is 26.9. The Morgan fingerprint density at radius 2 is 1.45 bits per heavy atom. The molecule has 40 heavy (non-hydrogen) atoms. The van der Waals surface area contributed by atoms with Crippen LogP contribution in [-0.4, -0.2) is 31.3 Å². The Hall–Kier alpha value is -4.73. The van der Waals surface area contributed by atoms with E-state index in [4.69, 9.17) is 4.74 Å². The number of carbonyl (C=O) groups is 2. The van der Waals surface area contributed by atoms with Gasteiger partial charge in [0.25, 0.3) is 5.91 Å². The van der Waals surface area contributed by atoms with Gasteiger partial charge in [-0.05, 0) is 53.6 Å². The van der Waals surface area contributed by atoms with Crippen molar-refractivity contribution in [2.75, 3.05) is 5.32 Å². The molecule has 3 N–H and O–H groups in total. The molecule has 8 nitrogen and oxygen atoms in total. The molecule has 1 unspecified atom stereocenters. The lowest BCUT2D eigenvalue weighted by Crippen LogP contribution is -2.43. The highest BCUT2D eigenvalue weighted by atomic mass is 32.2. The van der Waals surface area contributed by atoms with Gasteiger partial charge in [-0.25, -0.2) is 8.42 Å². The van der Waals surface area contributed by atoms with E-state index in [1.54, 1.807) is 30.5 Å². The summed E-state index contributed by atoms with van der Waals surface area (Å²) in [4.78, 5) is 28.7. The number of anilines is 1. The lowest BCUT2D eigenvalue weighted by Gasteiger charge is -2.18. The number of nitrogens with one attached hydrogen (secondary N) is 3. The Balaban J connectivity index is 1.34. The minimum Gasteiger partial charge on any atom is -0.460 e. The van der Waals surface area contributed by atoms with Crippen molar-refractivity contribution in [3.05, 3.63) is 132 Å². The van der Waals surface area contributed by atoms with Crippen LogP contribution in [0.4, 0.5) is 5.69 Å². The van der Waals surface area contributed by atoms with Crippen LogP contribution in [0.2, 0.25) is 0 Å². The van der Waals surface area contributed by atoms with Crippen LogP contribution in [0.15, 0.2) is 120 Å². The summed E-state index contributed by atoms with van der Waals surface area (Å²) in [5.41, 5.74) is 3.36. The van der Waals surface area contributed by atoms with E-state index in [9.17, 15) is 18.0 Å². The molecule has 0 radical (unpaired) electrons. The summed E-state index contributed by atoms with van der Waals surface area (Å²) in [7, 11) is -4.12. The molecule has 0 saturated carbocycles. The average Bonchev–Trinajstić information content (AvgIpc) is 3.39. The second kappa shape index (κ2) is 12.0. The molecule has 5 aromatic rings. The maximum Gasteiger partial charge on any atom is 0.324 e. The summed E-state index contributed by atoms with van der Waals surface area (Å²) in [6, 6.07) is 30.0. The summed E-state index contributed by atoms with van der Waals surface area (Å²) >= 11 is 0. The normalized spacial score (nSPS) is 12.1. The molecule has 0 aliphatic rings. The third-order valence-electron chi connectivity index (χ3n) is 6.36. The predicted molar refractivity (Wildman–Crippen MR) is 153 cm³/mol. The summed E-state index contributed by atoms with van der Waals surface area (Å²) in [6.45, 7) is 0.0155. The lowest BCUT2D eigenvalue weighted by atomic mass is 10.1. The second-order valence-electron chi connectivity index (χ2n) is 9.18. The van der Waals surface area contributed by atoms with Crippen molar-refractivity contribution in [3.8, 4) is 0 Å². The number of ether oxygens (including phenoxy) is 1. The molecule has 0 aliphatic carbocycles. The molecule has 202 valence electrons. The predicted octanol–water partition coefficient (Wildman–Crippen LogP) is 5.05. The minimum absolute atomic E-state index is 0.0155. The monoisotopic (exact) mass is 553 g/mol. The number of fused-ring (bicyclic) bond motifs is 1. The van der Waals surface area contributed by atoms with Crippen LogP contribution in [-0.2, 0) is 32.6 Å². The van der Waals surface area contributed by atoms with E-state index >= 15 is 0 Å². The highest BCUT2D eigenvalue weighted by Crippen LogP contribution is 2.21. The summed E-state index contributed by atoms with van der Waals surface area (Å²) in [5, 5.41) is 3.63. The van der Waals surface area contributed by atoms with Gasteiger partial charge in [-0.3, -0.25) is 9.59 Å². The molecule has 5 rings (SSSR count). The standard InChI is InChI=1S/C31H27N3O5S/c35-30(23-11-5-2-6-12-23)33-25-15-17-26(18-16-25)40(37,38)34-29(31(36)39-21-22-9-3-1-4-10-22)19-24-20-32-28-14-8-7-13-27(24)28/h1-18,20,29,32,34H,19,21H2,(H,33,35). The molecule has 9 heteroatoms. The van der Waals surface area contributed by atoms with Crippen LogP contribution < -0.4 is 10.0 Å². The van der Waals surface area contributed by atoms with Crippen LogP contribution in [0, 0.1) is 0 Å². The number of hydrogen-bond donors (Lipinski definition) is 3. The van der Waals surface area contributed by atoms with Gasteiger partial charge in [0.15, 0.2) is 0 Å². The van der Waals surface area contributed by atoms with Crippen LogP contribution in [0.25, 0.3) is 10.9 Å². The first-order valence-corrected chi connectivity index (χ1v) is 14.1. The Morgan fingerprint density at radius 1 is 0.800 bits per heavy atom. The number of carbonyl (C=O) groups excluding carboxylic acids is 2. The molecular weight excluding hydrogens is 526 g/mol. The molecule has 0 bridgehead atoms. The third kappa shape index (κ3) is 6.45. The minimum atomic E-state index is -4.12. The smallest absolute Gasteiger partial charge is 0.324 e. The first-order chi connectivity index (χ1) is 19.4. The first-order valence-electron chi connectivity index (χ1n) is 12.6. The van der Waals surface area contributed by atoms with E-state index in [1.165, 1.54) is 24.3 Å². The van der Waals surface area contributed by atoms with Crippen LogP contribution in [0.1, 0.15) is 21.5 Å². The van der Waals surface area contributed by atoms with Gasteiger partial charge in [0, 0.05) is 34.8 Å². The maximum atomic E-state index is 13.4. The summed E-state index contributed by atoms with van der Waals surface area (Å²) in [5.74, 6) is -1.00. The van der Waals surface area contributed by atoms with Gasteiger partial charge in [-0.2, -0.15) is 4.72 Å². The number of aromatic nitrogens is 1. The number of benzene rings is 4. The van der Waals surface area contributed by atoms with Gasteiger partial charge in [0.2, 0.25) is 10.0 Å². The number of amides is 1.